The van der Waals surface area contributed by atoms with Gasteiger partial charge in [0.1, 0.15) is 11.4 Å². The standard InChI is InChI=1S/C16H24ClFN2O2/c1-5-13(20-15(21)22-16(2,3)4)10-19-9-11-8-12(17)6-7-14(11)18/h6-8,13,19H,5,9-10H2,1-4H3,(H,20,21). The minimum Gasteiger partial charge on any atom is -0.444 e. The van der Waals surface area contributed by atoms with Gasteiger partial charge >= 0.3 is 6.09 Å². The van der Waals surface area contributed by atoms with E-state index in [1.54, 1.807) is 6.07 Å². The van der Waals surface area contributed by atoms with Crippen molar-refractivity contribution >= 4 is 17.7 Å². The Bertz CT molecular complexity index is 503. The zero-order chi connectivity index (χ0) is 16.8. The summed E-state index contributed by atoms with van der Waals surface area (Å²) in [7, 11) is 0. The van der Waals surface area contributed by atoms with Gasteiger partial charge < -0.3 is 15.4 Å². The van der Waals surface area contributed by atoms with Crippen molar-refractivity contribution < 1.29 is 13.9 Å². The van der Waals surface area contributed by atoms with Crippen LogP contribution in [0.2, 0.25) is 5.02 Å². The van der Waals surface area contributed by atoms with Gasteiger partial charge in [0.05, 0.1) is 0 Å². The summed E-state index contributed by atoms with van der Waals surface area (Å²) in [5, 5.41) is 6.41. The Morgan fingerprint density at radius 1 is 1.41 bits per heavy atom. The van der Waals surface area contributed by atoms with Crippen LogP contribution in [0.4, 0.5) is 9.18 Å². The van der Waals surface area contributed by atoms with E-state index in [0.29, 0.717) is 23.7 Å². The third-order valence-electron chi connectivity index (χ3n) is 2.93. The van der Waals surface area contributed by atoms with Crippen LogP contribution in [0.5, 0.6) is 0 Å². The highest BCUT2D eigenvalue weighted by atomic mass is 35.5. The van der Waals surface area contributed by atoms with Crippen molar-refractivity contribution in [2.24, 2.45) is 0 Å². The Morgan fingerprint density at radius 2 is 2.09 bits per heavy atom. The van der Waals surface area contributed by atoms with Crippen LogP contribution in [0.1, 0.15) is 39.7 Å². The summed E-state index contributed by atoms with van der Waals surface area (Å²) in [6.45, 7) is 8.26. The Balaban J connectivity index is 2.44. The number of benzene rings is 1. The van der Waals surface area contributed by atoms with Crippen molar-refractivity contribution in [1.82, 2.24) is 10.6 Å². The third-order valence-corrected chi connectivity index (χ3v) is 3.16. The van der Waals surface area contributed by atoms with Gasteiger partial charge in [-0.15, -0.1) is 0 Å². The van der Waals surface area contributed by atoms with Gasteiger partial charge in [-0.2, -0.15) is 0 Å². The highest BCUT2D eigenvalue weighted by Gasteiger charge is 2.18. The first kappa shape index (κ1) is 18.7. The molecular weight excluding hydrogens is 307 g/mol. The van der Waals surface area contributed by atoms with Gasteiger partial charge in [0.15, 0.2) is 0 Å². The summed E-state index contributed by atoms with van der Waals surface area (Å²) in [5.74, 6) is -0.301. The summed E-state index contributed by atoms with van der Waals surface area (Å²) >= 11 is 5.85. The van der Waals surface area contributed by atoms with Crippen molar-refractivity contribution in [3.05, 3.63) is 34.6 Å². The number of rotatable bonds is 6. The predicted molar refractivity (Wildman–Crippen MR) is 86.6 cm³/mol. The van der Waals surface area contributed by atoms with Crippen molar-refractivity contribution in [3.8, 4) is 0 Å². The van der Waals surface area contributed by atoms with E-state index in [1.807, 2.05) is 27.7 Å². The van der Waals surface area contributed by atoms with Crippen LogP contribution >= 0.6 is 11.6 Å². The molecule has 6 heteroatoms. The zero-order valence-corrected chi connectivity index (χ0v) is 14.3. The minimum atomic E-state index is -0.528. The highest BCUT2D eigenvalue weighted by Crippen LogP contribution is 2.14. The topological polar surface area (TPSA) is 50.4 Å². The van der Waals surface area contributed by atoms with Gasteiger partial charge in [0.2, 0.25) is 0 Å². The molecule has 0 radical (unpaired) electrons. The first-order valence-corrected chi connectivity index (χ1v) is 7.73. The van der Waals surface area contributed by atoms with Gasteiger partial charge in [-0.25, -0.2) is 9.18 Å². The van der Waals surface area contributed by atoms with E-state index in [0.717, 1.165) is 6.42 Å². The van der Waals surface area contributed by atoms with Crippen LogP contribution < -0.4 is 10.6 Å². The normalized spacial score (nSPS) is 12.8. The molecule has 0 bridgehead atoms. The largest absolute Gasteiger partial charge is 0.444 e. The smallest absolute Gasteiger partial charge is 0.407 e. The van der Waals surface area contributed by atoms with E-state index in [4.69, 9.17) is 16.3 Å². The van der Waals surface area contributed by atoms with Crippen LogP contribution in [-0.2, 0) is 11.3 Å². The lowest BCUT2D eigenvalue weighted by atomic mass is 10.2. The lowest BCUT2D eigenvalue weighted by Gasteiger charge is -2.23. The van der Waals surface area contributed by atoms with Gasteiger partial charge in [-0.05, 0) is 45.4 Å². The monoisotopic (exact) mass is 330 g/mol. The van der Waals surface area contributed by atoms with Crippen molar-refractivity contribution in [1.29, 1.82) is 0 Å². The number of ether oxygens (including phenoxy) is 1. The molecule has 0 spiro atoms. The van der Waals surface area contributed by atoms with E-state index in [1.165, 1.54) is 12.1 Å². The van der Waals surface area contributed by atoms with Crippen molar-refractivity contribution in [3.63, 3.8) is 0 Å². The number of hydrogen-bond donors (Lipinski definition) is 2. The van der Waals surface area contributed by atoms with Gasteiger partial charge in [0, 0.05) is 29.7 Å². The van der Waals surface area contributed by atoms with Gasteiger partial charge in [-0.1, -0.05) is 18.5 Å². The molecule has 0 fully saturated rings. The molecule has 4 nitrogen and oxygen atoms in total. The summed E-state index contributed by atoms with van der Waals surface area (Å²) in [6.07, 6.45) is 0.291. The Labute approximate surface area is 136 Å². The number of carbonyl (C=O) groups excluding carboxylic acids is 1. The van der Waals surface area contributed by atoms with E-state index in [9.17, 15) is 9.18 Å². The van der Waals surface area contributed by atoms with Crippen LogP contribution in [0.3, 0.4) is 0 Å². The molecule has 1 amide bonds. The predicted octanol–water partition coefficient (Wildman–Crippen LogP) is 3.87. The third kappa shape index (κ3) is 7.09. The van der Waals surface area contributed by atoms with Crippen LogP contribution in [0, 0.1) is 5.82 Å². The summed E-state index contributed by atoms with van der Waals surface area (Å²) in [4.78, 5) is 11.7. The molecule has 0 aliphatic heterocycles. The first-order valence-electron chi connectivity index (χ1n) is 7.35. The van der Waals surface area contributed by atoms with Crippen LogP contribution in [-0.4, -0.2) is 24.3 Å². The average Bonchev–Trinajstić information content (AvgIpc) is 2.39. The minimum absolute atomic E-state index is 0.0860. The first-order chi connectivity index (χ1) is 10.2. The number of carbonyl (C=O) groups is 1. The molecule has 1 atom stereocenters. The van der Waals surface area contributed by atoms with E-state index >= 15 is 0 Å². The summed E-state index contributed by atoms with van der Waals surface area (Å²) in [6, 6.07) is 4.36. The molecule has 1 aromatic rings. The molecule has 0 heterocycles. The molecular formula is C16H24ClFN2O2. The fourth-order valence-electron chi connectivity index (χ4n) is 1.83. The number of hydrogen-bond acceptors (Lipinski definition) is 3. The molecule has 0 aliphatic carbocycles. The summed E-state index contributed by atoms with van der Waals surface area (Å²) in [5.41, 5.74) is -0.0284. The lowest BCUT2D eigenvalue weighted by Crippen LogP contribution is -2.43. The maximum atomic E-state index is 13.6. The van der Waals surface area contributed by atoms with Crippen molar-refractivity contribution in [2.75, 3.05) is 6.54 Å². The number of halogens is 2. The Morgan fingerprint density at radius 3 is 2.68 bits per heavy atom. The second kappa shape index (κ2) is 8.34. The molecule has 1 unspecified atom stereocenters. The van der Waals surface area contributed by atoms with Crippen LogP contribution in [0.25, 0.3) is 0 Å². The molecule has 1 rings (SSSR count). The molecule has 22 heavy (non-hydrogen) atoms. The second-order valence-corrected chi connectivity index (χ2v) is 6.55. The fourth-order valence-corrected chi connectivity index (χ4v) is 2.03. The number of nitrogens with one attached hydrogen (secondary N) is 2. The fraction of sp³-hybridized carbons (Fsp3) is 0.562. The summed E-state index contributed by atoms with van der Waals surface area (Å²) < 4.78 is 18.8. The quantitative estimate of drug-likeness (QED) is 0.832. The molecule has 0 aliphatic rings. The average molecular weight is 331 g/mol. The number of amides is 1. The van der Waals surface area contributed by atoms with E-state index < -0.39 is 11.7 Å². The zero-order valence-electron chi connectivity index (χ0n) is 13.5. The Hall–Kier alpha value is -1.33. The maximum absolute atomic E-state index is 13.6. The lowest BCUT2D eigenvalue weighted by molar-refractivity contribution is 0.0502. The molecule has 124 valence electrons. The Kier molecular flexibility index (Phi) is 7.10. The SMILES string of the molecule is CCC(CNCc1cc(Cl)ccc1F)NC(=O)OC(C)(C)C. The number of alkyl carbamates (subject to hydrolysis) is 1. The molecule has 0 aromatic heterocycles. The van der Waals surface area contributed by atoms with E-state index in [-0.39, 0.29) is 11.9 Å². The highest BCUT2D eigenvalue weighted by molar-refractivity contribution is 6.30. The molecule has 0 saturated heterocycles. The molecule has 1 aromatic carbocycles. The van der Waals surface area contributed by atoms with Crippen molar-refractivity contribution in [2.45, 2.75) is 52.3 Å². The van der Waals surface area contributed by atoms with Crippen LogP contribution in [0.15, 0.2) is 18.2 Å². The van der Waals surface area contributed by atoms with Gasteiger partial charge in [0.25, 0.3) is 0 Å². The maximum Gasteiger partial charge on any atom is 0.407 e. The molecule has 0 saturated carbocycles. The second-order valence-electron chi connectivity index (χ2n) is 6.12. The van der Waals surface area contributed by atoms with E-state index in [2.05, 4.69) is 10.6 Å². The van der Waals surface area contributed by atoms with Gasteiger partial charge in [-0.3, -0.25) is 0 Å². The molecule has 2 N–H and O–H groups in total.